The minimum absolute atomic E-state index is 0.00160. The maximum atomic E-state index is 13.6. The Kier molecular flexibility index (Phi) is 6.29. The van der Waals surface area contributed by atoms with E-state index in [-0.39, 0.29) is 39.6 Å². The fourth-order valence-corrected chi connectivity index (χ4v) is 5.00. The molecule has 2 aromatic rings. The summed E-state index contributed by atoms with van der Waals surface area (Å²) in [5.74, 6) is -1.24. The van der Waals surface area contributed by atoms with Crippen molar-refractivity contribution in [1.82, 2.24) is 9.62 Å². The highest BCUT2D eigenvalue weighted by Gasteiger charge is 2.30. The molecule has 0 spiro atoms. The number of carbonyl (C=O) groups is 1. The van der Waals surface area contributed by atoms with Crippen molar-refractivity contribution in [2.45, 2.75) is 30.7 Å². The quantitative estimate of drug-likeness (QED) is 0.723. The summed E-state index contributed by atoms with van der Waals surface area (Å²) < 4.78 is 40.5. The largest absolute Gasteiger partial charge is 0.349 e. The predicted octanol–water partition coefficient (Wildman–Crippen LogP) is 4.02. The second-order valence-corrected chi connectivity index (χ2v) is 9.46. The first kappa shape index (κ1) is 21.0. The van der Waals surface area contributed by atoms with E-state index in [1.54, 1.807) is 24.3 Å². The van der Waals surface area contributed by atoms with E-state index in [1.165, 1.54) is 10.4 Å². The maximum absolute atomic E-state index is 13.6. The van der Waals surface area contributed by atoms with Gasteiger partial charge in [-0.3, -0.25) is 4.79 Å². The van der Waals surface area contributed by atoms with Gasteiger partial charge in [-0.2, -0.15) is 4.31 Å². The van der Waals surface area contributed by atoms with E-state index in [0.717, 1.165) is 11.6 Å². The molecule has 1 saturated heterocycles. The van der Waals surface area contributed by atoms with Crippen LogP contribution < -0.4 is 5.32 Å². The van der Waals surface area contributed by atoms with Crippen LogP contribution in [0.25, 0.3) is 0 Å². The molecule has 1 heterocycles. The Morgan fingerprint density at radius 1 is 1.11 bits per heavy atom. The Hall–Kier alpha value is -1.67. The van der Waals surface area contributed by atoms with Gasteiger partial charge in [-0.05, 0) is 44.0 Å². The molecule has 150 valence electrons. The van der Waals surface area contributed by atoms with E-state index in [1.807, 2.05) is 6.92 Å². The Morgan fingerprint density at radius 3 is 2.32 bits per heavy atom. The lowest BCUT2D eigenvalue weighted by Crippen LogP contribution is -2.46. The number of nitrogens with one attached hydrogen (secondary N) is 1. The maximum Gasteiger partial charge on any atom is 0.253 e. The third kappa shape index (κ3) is 4.49. The number of piperidine rings is 1. The number of rotatable bonds is 4. The average Bonchev–Trinajstić information content (AvgIpc) is 2.65. The van der Waals surface area contributed by atoms with Crippen LogP contribution in [-0.4, -0.2) is 37.8 Å². The van der Waals surface area contributed by atoms with Crippen molar-refractivity contribution in [1.29, 1.82) is 0 Å². The molecule has 1 aliphatic rings. The molecule has 0 radical (unpaired) electrons. The van der Waals surface area contributed by atoms with Gasteiger partial charge in [0, 0.05) is 19.1 Å². The minimum Gasteiger partial charge on any atom is -0.349 e. The van der Waals surface area contributed by atoms with Crippen molar-refractivity contribution in [2.75, 3.05) is 13.1 Å². The van der Waals surface area contributed by atoms with Gasteiger partial charge in [0.2, 0.25) is 10.0 Å². The van der Waals surface area contributed by atoms with Gasteiger partial charge in [0.25, 0.3) is 5.91 Å². The molecule has 0 aromatic heterocycles. The molecule has 1 aliphatic heterocycles. The fraction of sp³-hybridized carbons (Fsp3) is 0.316. The van der Waals surface area contributed by atoms with Crippen LogP contribution in [0.1, 0.15) is 28.8 Å². The molecule has 5 nitrogen and oxygen atoms in total. The first-order valence-electron chi connectivity index (χ1n) is 8.70. The smallest absolute Gasteiger partial charge is 0.253 e. The molecule has 0 bridgehead atoms. The highest BCUT2D eigenvalue weighted by Crippen LogP contribution is 2.25. The topological polar surface area (TPSA) is 66.5 Å². The molecule has 0 atom stereocenters. The van der Waals surface area contributed by atoms with Crippen LogP contribution in [0.15, 0.2) is 41.3 Å². The minimum atomic E-state index is -3.56. The Bertz CT molecular complexity index is 989. The molecule has 0 aliphatic carbocycles. The van der Waals surface area contributed by atoms with E-state index in [0.29, 0.717) is 12.8 Å². The molecule has 3 rings (SSSR count). The van der Waals surface area contributed by atoms with Gasteiger partial charge in [-0.1, -0.05) is 40.9 Å². The van der Waals surface area contributed by atoms with E-state index in [2.05, 4.69) is 5.32 Å². The Balaban J connectivity index is 1.63. The van der Waals surface area contributed by atoms with Crippen LogP contribution in [0.4, 0.5) is 4.39 Å². The number of benzene rings is 2. The number of sulfonamides is 1. The van der Waals surface area contributed by atoms with Crippen molar-refractivity contribution in [3.8, 4) is 0 Å². The molecule has 28 heavy (non-hydrogen) atoms. The fourth-order valence-electron chi connectivity index (χ4n) is 3.06. The number of halogens is 3. The van der Waals surface area contributed by atoms with E-state index < -0.39 is 21.7 Å². The van der Waals surface area contributed by atoms with Crippen LogP contribution in [0.3, 0.4) is 0 Å². The molecule has 9 heteroatoms. The van der Waals surface area contributed by atoms with Crippen LogP contribution in [0.5, 0.6) is 0 Å². The molecule has 1 amide bonds. The second kappa shape index (κ2) is 8.37. The lowest BCUT2D eigenvalue weighted by atomic mass is 10.1. The zero-order valence-corrected chi connectivity index (χ0v) is 17.4. The van der Waals surface area contributed by atoms with Gasteiger partial charge in [0.05, 0.1) is 20.5 Å². The van der Waals surface area contributed by atoms with E-state index in [9.17, 15) is 17.6 Å². The van der Waals surface area contributed by atoms with Gasteiger partial charge in [0.1, 0.15) is 5.82 Å². The second-order valence-electron chi connectivity index (χ2n) is 6.71. The summed E-state index contributed by atoms with van der Waals surface area (Å²) in [6, 6.07) is 8.66. The lowest BCUT2D eigenvalue weighted by molar-refractivity contribution is 0.0923. The van der Waals surface area contributed by atoms with Crippen molar-refractivity contribution in [3.63, 3.8) is 0 Å². The summed E-state index contributed by atoms with van der Waals surface area (Å²) in [4.78, 5) is 12.6. The summed E-state index contributed by atoms with van der Waals surface area (Å²) >= 11 is 11.6. The van der Waals surface area contributed by atoms with Crippen LogP contribution >= 0.6 is 23.2 Å². The Labute approximate surface area is 173 Å². The summed E-state index contributed by atoms with van der Waals surface area (Å²) in [6.45, 7) is 2.46. The van der Waals surface area contributed by atoms with Crippen molar-refractivity contribution in [2.24, 2.45) is 0 Å². The summed E-state index contributed by atoms with van der Waals surface area (Å²) in [5, 5.41) is 2.69. The zero-order valence-electron chi connectivity index (χ0n) is 15.1. The third-order valence-corrected chi connectivity index (χ3v) is 7.22. The number of hydrogen-bond acceptors (Lipinski definition) is 3. The van der Waals surface area contributed by atoms with Gasteiger partial charge in [0.15, 0.2) is 0 Å². The van der Waals surface area contributed by atoms with Crippen molar-refractivity contribution >= 4 is 39.1 Å². The summed E-state index contributed by atoms with van der Waals surface area (Å²) in [6.07, 6.45) is 0.898. The molecular weight excluding hydrogens is 426 g/mol. The zero-order chi connectivity index (χ0) is 20.5. The number of carbonyl (C=O) groups excluding carboxylic acids is 1. The monoisotopic (exact) mass is 444 g/mol. The molecule has 2 aromatic carbocycles. The first-order chi connectivity index (χ1) is 13.2. The molecule has 1 N–H and O–H groups in total. The van der Waals surface area contributed by atoms with Gasteiger partial charge >= 0.3 is 0 Å². The number of amides is 1. The standard InChI is InChI=1S/C19H19Cl2FN2O3S/c1-12-2-4-14(5-3-12)28(26,27)24-8-6-13(7-9-24)23-19(25)15-10-18(22)17(21)11-16(15)20/h2-5,10-11,13H,6-9H2,1H3,(H,23,25). The SMILES string of the molecule is Cc1ccc(S(=O)(=O)N2CCC(NC(=O)c3cc(F)c(Cl)cc3Cl)CC2)cc1. The number of aryl methyl sites for hydroxylation is 1. The van der Waals surface area contributed by atoms with Gasteiger partial charge in [-0.25, -0.2) is 12.8 Å². The van der Waals surface area contributed by atoms with Gasteiger partial charge in [-0.15, -0.1) is 0 Å². The predicted molar refractivity (Wildman–Crippen MR) is 107 cm³/mol. The highest BCUT2D eigenvalue weighted by atomic mass is 35.5. The summed E-state index contributed by atoms with van der Waals surface area (Å²) in [7, 11) is -3.56. The van der Waals surface area contributed by atoms with Crippen molar-refractivity contribution in [3.05, 3.63) is 63.4 Å². The van der Waals surface area contributed by atoms with Gasteiger partial charge < -0.3 is 5.32 Å². The molecular formula is C19H19Cl2FN2O3S. The van der Waals surface area contributed by atoms with Crippen LogP contribution in [0.2, 0.25) is 10.0 Å². The third-order valence-electron chi connectivity index (χ3n) is 4.70. The Morgan fingerprint density at radius 2 is 1.71 bits per heavy atom. The van der Waals surface area contributed by atoms with E-state index in [4.69, 9.17) is 23.2 Å². The number of hydrogen-bond donors (Lipinski definition) is 1. The highest BCUT2D eigenvalue weighted by molar-refractivity contribution is 7.89. The van der Waals surface area contributed by atoms with E-state index >= 15 is 0 Å². The molecule has 1 fully saturated rings. The summed E-state index contributed by atoms with van der Waals surface area (Å²) in [5.41, 5.74) is 0.982. The first-order valence-corrected chi connectivity index (χ1v) is 10.9. The van der Waals surface area contributed by atoms with Crippen molar-refractivity contribution < 1.29 is 17.6 Å². The normalized spacial score (nSPS) is 16.1. The molecule has 0 unspecified atom stereocenters. The van der Waals surface area contributed by atoms with Crippen LogP contribution in [-0.2, 0) is 10.0 Å². The number of nitrogens with zero attached hydrogens (tertiary/aromatic N) is 1. The van der Waals surface area contributed by atoms with Crippen LogP contribution in [0, 0.1) is 12.7 Å². The lowest BCUT2D eigenvalue weighted by Gasteiger charge is -2.31. The molecule has 0 saturated carbocycles. The average molecular weight is 445 g/mol.